The molecule has 0 fully saturated rings. The molecule has 0 saturated heterocycles. The van der Waals surface area contributed by atoms with E-state index in [0.717, 1.165) is 11.6 Å². The Morgan fingerprint density at radius 3 is 2.71 bits per heavy atom. The predicted molar refractivity (Wildman–Crippen MR) is 63.4 cm³/mol. The van der Waals surface area contributed by atoms with Crippen molar-refractivity contribution >= 4 is 17.5 Å². The van der Waals surface area contributed by atoms with E-state index in [4.69, 9.17) is 0 Å². The minimum atomic E-state index is -0.966. The second-order valence-corrected chi connectivity index (χ2v) is 3.48. The van der Waals surface area contributed by atoms with Crippen LogP contribution in [0.2, 0.25) is 0 Å². The van der Waals surface area contributed by atoms with Crippen molar-refractivity contribution in [3.63, 3.8) is 0 Å². The van der Waals surface area contributed by atoms with E-state index in [1.165, 1.54) is 0 Å². The monoisotopic (exact) mass is 234 g/mol. The molecule has 0 amide bonds. The number of carbonyl (C=O) groups is 2. The van der Waals surface area contributed by atoms with Crippen LogP contribution in [0.3, 0.4) is 0 Å². The Balaban J connectivity index is 2.86. The van der Waals surface area contributed by atoms with Gasteiger partial charge in [-0.05, 0) is 19.9 Å². The fourth-order valence-electron chi connectivity index (χ4n) is 1.27. The summed E-state index contributed by atoms with van der Waals surface area (Å²) in [5.41, 5.74) is 1.44. The van der Waals surface area contributed by atoms with E-state index in [0.29, 0.717) is 5.56 Å². The highest BCUT2D eigenvalue weighted by atomic mass is 16.5. The zero-order chi connectivity index (χ0) is 12.8. The van der Waals surface area contributed by atoms with E-state index in [2.05, 4.69) is 4.74 Å². The number of rotatable bonds is 4. The molecule has 1 aromatic carbocycles. The molecule has 0 aliphatic carbocycles. The number of hydrogen-bond donors (Lipinski definition) is 1. The molecule has 4 heteroatoms. The number of esters is 1. The summed E-state index contributed by atoms with van der Waals surface area (Å²) in [6, 6.07) is 6.98. The van der Waals surface area contributed by atoms with Gasteiger partial charge in [0.05, 0.1) is 6.61 Å². The van der Waals surface area contributed by atoms with Gasteiger partial charge >= 0.3 is 5.97 Å². The minimum Gasteiger partial charge on any atom is -0.507 e. The third-order valence-electron chi connectivity index (χ3n) is 2.06. The Kier molecular flexibility index (Phi) is 4.46. The average Bonchev–Trinajstić information content (AvgIpc) is 2.29. The molecule has 0 aromatic heterocycles. The molecule has 0 unspecified atom stereocenters. The lowest BCUT2D eigenvalue weighted by molar-refractivity contribution is -0.151. The Bertz CT molecular complexity index is 460. The van der Waals surface area contributed by atoms with Crippen molar-refractivity contribution in [2.24, 2.45) is 0 Å². The Morgan fingerprint density at radius 2 is 2.12 bits per heavy atom. The van der Waals surface area contributed by atoms with Crippen LogP contribution in [0, 0.1) is 6.92 Å². The summed E-state index contributed by atoms with van der Waals surface area (Å²) in [5.74, 6) is -2.08. The normalized spacial score (nSPS) is 11.1. The molecule has 1 aromatic rings. The van der Waals surface area contributed by atoms with Gasteiger partial charge in [0.15, 0.2) is 0 Å². The van der Waals surface area contributed by atoms with Gasteiger partial charge in [-0.15, -0.1) is 0 Å². The maximum atomic E-state index is 11.3. The molecule has 0 radical (unpaired) electrons. The Morgan fingerprint density at radius 1 is 1.41 bits per heavy atom. The standard InChI is InChI=1S/C13H14O4/c1-3-17-13(16)12(15)8-11(14)10-6-4-5-9(2)7-10/h4-8,14H,3H2,1-2H3/b11-8-. The first kappa shape index (κ1) is 13.0. The number of ether oxygens (including phenoxy) is 1. The molecule has 0 heterocycles. The van der Waals surface area contributed by atoms with Crippen LogP contribution in [0.5, 0.6) is 0 Å². The van der Waals surface area contributed by atoms with Crippen LogP contribution in [-0.4, -0.2) is 23.5 Å². The zero-order valence-corrected chi connectivity index (χ0v) is 9.77. The third-order valence-corrected chi connectivity index (χ3v) is 2.06. The van der Waals surface area contributed by atoms with Gasteiger partial charge in [-0.1, -0.05) is 23.8 Å². The smallest absolute Gasteiger partial charge is 0.379 e. The number of ketones is 1. The minimum absolute atomic E-state index is 0.129. The van der Waals surface area contributed by atoms with E-state index in [9.17, 15) is 14.7 Å². The molecule has 0 atom stereocenters. The van der Waals surface area contributed by atoms with Crippen LogP contribution in [-0.2, 0) is 14.3 Å². The topological polar surface area (TPSA) is 63.6 Å². The van der Waals surface area contributed by atoms with Gasteiger partial charge in [-0.2, -0.15) is 0 Å². The second kappa shape index (κ2) is 5.84. The van der Waals surface area contributed by atoms with Crippen molar-refractivity contribution < 1.29 is 19.4 Å². The van der Waals surface area contributed by atoms with Crippen LogP contribution < -0.4 is 0 Å². The lowest BCUT2D eigenvalue weighted by Gasteiger charge is -2.01. The summed E-state index contributed by atoms with van der Waals surface area (Å²) in [5, 5.41) is 9.66. The largest absolute Gasteiger partial charge is 0.507 e. The van der Waals surface area contributed by atoms with E-state index >= 15 is 0 Å². The van der Waals surface area contributed by atoms with Gasteiger partial charge in [0.2, 0.25) is 0 Å². The summed E-state index contributed by atoms with van der Waals surface area (Å²) in [6.45, 7) is 3.60. The van der Waals surface area contributed by atoms with Gasteiger partial charge in [-0.3, -0.25) is 4.79 Å². The van der Waals surface area contributed by atoms with Crippen LogP contribution >= 0.6 is 0 Å². The van der Waals surface area contributed by atoms with Gasteiger partial charge in [0, 0.05) is 11.6 Å². The summed E-state index contributed by atoms with van der Waals surface area (Å²) in [7, 11) is 0. The van der Waals surface area contributed by atoms with Gasteiger partial charge in [-0.25, -0.2) is 4.79 Å². The van der Waals surface area contributed by atoms with E-state index in [1.54, 1.807) is 25.1 Å². The lowest BCUT2D eigenvalue weighted by Crippen LogP contribution is -2.15. The number of aryl methyl sites for hydroxylation is 1. The van der Waals surface area contributed by atoms with E-state index in [-0.39, 0.29) is 12.4 Å². The van der Waals surface area contributed by atoms with Crippen molar-refractivity contribution in [1.29, 1.82) is 0 Å². The lowest BCUT2D eigenvalue weighted by atomic mass is 10.1. The van der Waals surface area contributed by atoms with Crippen molar-refractivity contribution in [2.45, 2.75) is 13.8 Å². The van der Waals surface area contributed by atoms with Crippen LogP contribution in [0.25, 0.3) is 5.76 Å². The maximum absolute atomic E-state index is 11.3. The molecule has 1 N–H and O–H groups in total. The van der Waals surface area contributed by atoms with Gasteiger partial charge in [0.1, 0.15) is 5.76 Å². The first-order valence-electron chi connectivity index (χ1n) is 5.23. The number of aliphatic hydroxyl groups is 1. The first-order valence-corrected chi connectivity index (χ1v) is 5.23. The molecular formula is C13H14O4. The molecular weight excluding hydrogens is 220 g/mol. The molecule has 4 nitrogen and oxygen atoms in total. The number of carbonyl (C=O) groups excluding carboxylic acids is 2. The fourth-order valence-corrected chi connectivity index (χ4v) is 1.27. The summed E-state index contributed by atoms with van der Waals surface area (Å²) < 4.78 is 4.52. The highest BCUT2D eigenvalue weighted by Gasteiger charge is 2.13. The van der Waals surface area contributed by atoms with Crippen molar-refractivity contribution in [3.05, 3.63) is 41.5 Å². The fraction of sp³-hybridized carbons (Fsp3) is 0.231. The molecule has 0 aliphatic rings. The predicted octanol–water partition coefficient (Wildman–Crippen LogP) is 2.03. The number of benzene rings is 1. The Labute approximate surface area is 99.5 Å². The summed E-state index contributed by atoms with van der Waals surface area (Å²) >= 11 is 0. The van der Waals surface area contributed by atoms with Crippen LogP contribution in [0.1, 0.15) is 18.1 Å². The molecule has 0 bridgehead atoms. The first-order chi connectivity index (χ1) is 8.04. The summed E-state index contributed by atoms with van der Waals surface area (Å²) in [4.78, 5) is 22.3. The van der Waals surface area contributed by atoms with E-state index < -0.39 is 11.8 Å². The highest BCUT2D eigenvalue weighted by Crippen LogP contribution is 2.12. The van der Waals surface area contributed by atoms with Crippen molar-refractivity contribution in [2.75, 3.05) is 6.61 Å². The van der Waals surface area contributed by atoms with E-state index in [1.807, 2.05) is 13.0 Å². The van der Waals surface area contributed by atoms with Crippen LogP contribution in [0.4, 0.5) is 0 Å². The summed E-state index contributed by atoms with van der Waals surface area (Å²) in [6.07, 6.45) is 0.868. The SMILES string of the molecule is CCOC(=O)C(=O)/C=C(\O)c1cccc(C)c1. The highest BCUT2D eigenvalue weighted by molar-refractivity contribution is 6.39. The zero-order valence-electron chi connectivity index (χ0n) is 9.77. The average molecular weight is 234 g/mol. The molecule has 90 valence electrons. The molecule has 17 heavy (non-hydrogen) atoms. The second-order valence-electron chi connectivity index (χ2n) is 3.48. The Hall–Kier alpha value is -2.10. The molecule has 0 saturated carbocycles. The number of aliphatic hydroxyl groups excluding tert-OH is 1. The van der Waals surface area contributed by atoms with Gasteiger partial charge < -0.3 is 9.84 Å². The number of hydrogen-bond acceptors (Lipinski definition) is 4. The third kappa shape index (κ3) is 3.75. The van der Waals surface area contributed by atoms with Crippen molar-refractivity contribution in [1.82, 2.24) is 0 Å². The maximum Gasteiger partial charge on any atom is 0.379 e. The van der Waals surface area contributed by atoms with Crippen LogP contribution in [0.15, 0.2) is 30.3 Å². The quantitative estimate of drug-likeness (QED) is 0.374. The van der Waals surface area contributed by atoms with Gasteiger partial charge in [0.25, 0.3) is 5.78 Å². The molecule has 0 spiro atoms. The molecule has 0 aliphatic heterocycles. The molecule has 1 rings (SSSR count). The van der Waals surface area contributed by atoms with Crippen molar-refractivity contribution in [3.8, 4) is 0 Å².